The lowest BCUT2D eigenvalue weighted by Gasteiger charge is -2.19. The van der Waals surface area contributed by atoms with Crippen molar-refractivity contribution in [3.8, 4) is 5.75 Å². The maximum Gasteiger partial charge on any atom is 0.265 e. The van der Waals surface area contributed by atoms with Crippen molar-refractivity contribution in [2.75, 3.05) is 19.7 Å². The molecule has 8 heteroatoms. The molecule has 0 bridgehead atoms. The second-order valence-electron chi connectivity index (χ2n) is 3.88. The fourth-order valence-corrected chi connectivity index (χ4v) is 2.83. The van der Waals surface area contributed by atoms with Gasteiger partial charge in [0.05, 0.1) is 0 Å². The quantitative estimate of drug-likeness (QED) is 0.747. The van der Waals surface area contributed by atoms with Crippen LogP contribution < -0.4 is 4.74 Å². The third-order valence-corrected chi connectivity index (χ3v) is 4.21. The van der Waals surface area contributed by atoms with Crippen LogP contribution in [0.15, 0.2) is 23.1 Å². The van der Waals surface area contributed by atoms with Gasteiger partial charge in [-0.2, -0.15) is 0 Å². The number of halogens is 2. The lowest BCUT2D eigenvalue weighted by molar-refractivity contribution is -0.133. The van der Waals surface area contributed by atoms with Gasteiger partial charge in [-0.05, 0) is 32.0 Å². The molecule has 0 aliphatic rings. The Hall–Kier alpha value is -0.980. The molecule has 112 valence electrons. The molecule has 1 aromatic rings. The molecule has 0 aliphatic heterocycles. The predicted molar refractivity (Wildman–Crippen MR) is 77.9 cm³/mol. The van der Waals surface area contributed by atoms with Crippen molar-refractivity contribution in [2.45, 2.75) is 18.7 Å². The minimum Gasteiger partial charge on any atom is -0.482 e. The van der Waals surface area contributed by atoms with Crippen molar-refractivity contribution in [1.29, 1.82) is 0 Å². The zero-order valence-electron chi connectivity index (χ0n) is 11.1. The molecule has 0 saturated heterocycles. The second-order valence-corrected chi connectivity index (χ2v) is 6.85. The number of likely N-dealkylation sites (N-methyl/N-ethyl adjacent to an activating group) is 1. The SMILES string of the molecule is CCN(CC)C(=O)COc1ccc(Cl)cc1S(=O)(=O)Cl. The van der Waals surface area contributed by atoms with Gasteiger partial charge in [-0.1, -0.05) is 11.6 Å². The van der Waals surface area contributed by atoms with E-state index in [0.717, 1.165) is 0 Å². The second kappa shape index (κ2) is 7.15. The maximum absolute atomic E-state index is 11.8. The fourth-order valence-electron chi connectivity index (χ4n) is 1.60. The highest BCUT2D eigenvalue weighted by Crippen LogP contribution is 2.29. The Bertz CT molecular complexity index is 585. The maximum atomic E-state index is 11.8. The molecule has 0 saturated carbocycles. The van der Waals surface area contributed by atoms with Crippen LogP contribution in [0.1, 0.15) is 13.8 Å². The summed E-state index contributed by atoms with van der Waals surface area (Å²) in [6.45, 7) is 4.54. The standard InChI is InChI=1S/C12H15Cl2NO4S/c1-3-15(4-2)12(16)8-19-10-6-5-9(13)7-11(10)20(14,17)18/h5-7H,3-4,8H2,1-2H3. The van der Waals surface area contributed by atoms with Gasteiger partial charge in [0.2, 0.25) is 0 Å². The molecule has 0 aliphatic carbocycles. The Labute approximate surface area is 127 Å². The molecule has 0 heterocycles. The average molecular weight is 340 g/mol. The predicted octanol–water partition coefficient (Wildman–Crippen LogP) is 2.51. The summed E-state index contributed by atoms with van der Waals surface area (Å²) in [4.78, 5) is 13.1. The van der Waals surface area contributed by atoms with E-state index in [2.05, 4.69) is 0 Å². The first-order valence-electron chi connectivity index (χ1n) is 5.94. The summed E-state index contributed by atoms with van der Waals surface area (Å²) in [5, 5.41) is 0.214. The van der Waals surface area contributed by atoms with E-state index in [1.807, 2.05) is 13.8 Å². The van der Waals surface area contributed by atoms with Crippen molar-refractivity contribution < 1.29 is 17.9 Å². The smallest absolute Gasteiger partial charge is 0.265 e. The first-order chi connectivity index (χ1) is 9.29. The van der Waals surface area contributed by atoms with Gasteiger partial charge in [0.15, 0.2) is 6.61 Å². The van der Waals surface area contributed by atoms with E-state index in [1.54, 1.807) is 4.90 Å². The summed E-state index contributed by atoms with van der Waals surface area (Å²) in [6, 6.07) is 4.01. The molecule has 1 aromatic carbocycles. The van der Waals surface area contributed by atoms with Crippen molar-refractivity contribution in [3.05, 3.63) is 23.2 Å². The highest BCUT2D eigenvalue weighted by molar-refractivity contribution is 8.13. The monoisotopic (exact) mass is 339 g/mol. The molecule has 1 rings (SSSR count). The normalized spacial score (nSPS) is 11.2. The summed E-state index contributed by atoms with van der Waals surface area (Å²) in [5.41, 5.74) is 0. The van der Waals surface area contributed by atoms with Crippen LogP contribution in [0.4, 0.5) is 0 Å². The summed E-state index contributed by atoms with van der Waals surface area (Å²) >= 11 is 5.73. The number of hydrogen-bond donors (Lipinski definition) is 0. The molecular weight excluding hydrogens is 325 g/mol. The summed E-state index contributed by atoms with van der Waals surface area (Å²) in [6.07, 6.45) is 0. The Morgan fingerprint density at radius 1 is 1.30 bits per heavy atom. The topological polar surface area (TPSA) is 63.7 Å². The third-order valence-electron chi connectivity index (χ3n) is 2.64. The molecular formula is C12H15Cl2NO4S. The Morgan fingerprint density at radius 3 is 2.40 bits per heavy atom. The minimum absolute atomic E-state index is 0.00454. The molecule has 0 fully saturated rings. The summed E-state index contributed by atoms with van der Waals surface area (Å²) in [5.74, 6) is -0.229. The number of carbonyl (C=O) groups is 1. The third kappa shape index (κ3) is 4.54. The Morgan fingerprint density at radius 2 is 1.90 bits per heavy atom. The minimum atomic E-state index is -4.00. The van der Waals surface area contributed by atoms with Crippen LogP contribution in [0.3, 0.4) is 0 Å². The number of benzene rings is 1. The average Bonchev–Trinajstić information content (AvgIpc) is 2.37. The van der Waals surface area contributed by atoms with Crippen LogP contribution >= 0.6 is 22.3 Å². The molecule has 1 amide bonds. The number of amides is 1. The van der Waals surface area contributed by atoms with E-state index in [9.17, 15) is 13.2 Å². The van der Waals surface area contributed by atoms with Crippen LogP contribution in [-0.2, 0) is 13.8 Å². The van der Waals surface area contributed by atoms with E-state index < -0.39 is 9.05 Å². The lowest BCUT2D eigenvalue weighted by atomic mass is 10.3. The molecule has 0 aromatic heterocycles. The van der Waals surface area contributed by atoms with Crippen LogP contribution in [0.25, 0.3) is 0 Å². The highest BCUT2D eigenvalue weighted by Gasteiger charge is 2.19. The van der Waals surface area contributed by atoms with Crippen LogP contribution in [-0.4, -0.2) is 38.9 Å². The first-order valence-corrected chi connectivity index (χ1v) is 8.63. The van der Waals surface area contributed by atoms with Crippen molar-refractivity contribution in [2.24, 2.45) is 0 Å². The Kier molecular flexibility index (Phi) is 6.10. The van der Waals surface area contributed by atoms with Gasteiger partial charge in [0.1, 0.15) is 10.6 Å². The van der Waals surface area contributed by atoms with E-state index in [1.165, 1.54) is 18.2 Å². The molecule has 20 heavy (non-hydrogen) atoms. The lowest BCUT2D eigenvalue weighted by Crippen LogP contribution is -2.34. The number of nitrogens with zero attached hydrogens (tertiary/aromatic N) is 1. The van der Waals surface area contributed by atoms with Gasteiger partial charge in [0, 0.05) is 28.8 Å². The van der Waals surface area contributed by atoms with E-state index >= 15 is 0 Å². The van der Waals surface area contributed by atoms with Gasteiger partial charge in [0.25, 0.3) is 15.0 Å². The fraction of sp³-hybridized carbons (Fsp3) is 0.417. The molecule has 0 atom stereocenters. The number of ether oxygens (including phenoxy) is 1. The zero-order valence-corrected chi connectivity index (χ0v) is 13.4. The van der Waals surface area contributed by atoms with Crippen LogP contribution in [0.2, 0.25) is 5.02 Å². The molecule has 0 spiro atoms. The van der Waals surface area contributed by atoms with Crippen LogP contribution in [0, 0.1) is 0 Å². The van der Waals surface area contributed by atoms with Crippen molar-refractivity contribution in [3.63, 3.8) is 0 Å². The van der Waals surface area contributed by atoms with Crippen molar-refractivity contribution in [1.82, 2.24) is 4.90 Å². The molecule has 0 radical (unpaired) electrons. The van der Waals surface area contributed by atoms with Gasteiger partial charge in [-0.25, -0.2) is 8.42 Å². The summed E-state index contributed by atoms with van der Waals surface area (Å²) in [7, 11) is 1.31. The van der Waals surface area contributed by atoms with Gasteiger partial charge in [-0.15, -0.1) is 0 Å². The largest absolute Gasteiger partial charge is 0.482 e. The molecule has 0 N–H and O–H groups in total. The van der Waals surface area contributed by atoms with Gasteiger partial charge in [-0.3, -0.25) is 4.79 Å². The van der Waals surface area contributed by atoms with Gasteiger partial charge < -0.3 is 9.64 Å². The van der Waals surface area contributed by atoms with Crippen LogP contribution in [0.5, 0.6) is 5.75 Å². The first kappa shape index (κ1) is 17.1. The van der Waals surface area contributed by atoms with E-state index in [-0.39, 0.29) is 28.2 Å². The molecule has 5 nitrogen and oxygen atoms in total. The number of carbonyl (C=O) groups excluding carboxylic acids is 1. The van der Waals surface area contributed by atoms with E-state index in [4.69, 9.17) is 27.0 Å². The summed E-state index contributed by atoms with van der Waals surface area (Å²) < 4.78 is 28.1. The zero-order chi connectivity index (χ0) is 15.3. The number of rotatable bonds is 6. The van der Waals surface area contributed by atoms with Gasteiger partial charge >= 0.3 is 0 Å². The van der Waals surface area contributed by atoms with E-state index in [0.29, 0.717) is 13.1 Å². The van der Waals surface area contributed by atoms with Crippen molar-refractivity contribution >= 4 is 37.2 Å². The molecule has 0 unspecified atom stereocenters. The highest BCUT2D eigenvalue weighted by atomic mass is 35.7. The number of hydrogen-bond acceptors (Lipinski definition) is 4. The Balaban J connectivity index is 2.91.